The van der Waals surface area contributed by atoms with Gasteiger partial charge in [-0.05, 0) is 37.6 Å². The number of halogens is 1. The molecule has 1 saturated heterocycles. The zero-order valence-corrected chi connectivity index (χ0v) is 12.4. The van der Waals surface area contributed by atoms with Gasteiger partial charge in [-0.25, -0.2) is 4.79 Å². The van der Waals surface area contributed by atoms with Gasteiger partial charge in [-0.15, -0.1) is 0 Å². The van der Waals surface area contributed by atoms with E-state index in [1.54, 1.807) is 12.1 Å². The number of ether oxygens (including phenoxy) is 1. The minimum atomic E-state index is -0.966. The summed E-state index contributed by atoms with van der Waals surface area (Å²) in [6.45, 7) is 6.22. The molecule has 0 bridgehead atoms. The molecule has 0 radical (unpaired) electrons. The van der Waals surface area contributed by atoms with E-state index in [1.807, 2.05) is 12.1 Å². The summed E-state index contributed by atoms with van der Waals surface area (Å²) < 4.78 is 5.52. The molecule has 1 aromatic carbocycles. The Balaban J connectivity index is 2.43. The third kappa shape index (κ3) is 3.32. The molecule has 1 fully saturated rings. The van der Waals surface area contributed by atoms with Crippen LogP contribution in [-0.4, -0.2) is 36.4 Å². The van der Waals surface area contributed by atoms with Crippen molar-refractivity contribution in [1.29, 1.82) is 0 Å². The van der Waals surface area contributed by atoms with Gasteiger partial charge in [-0.3, -0.25) is 0 Å². The molecule has 20 heavy (non-hydrogen) atoms. The Bertz CT molecular complexity index is 540. The van der Waals surface area contributed by atoms with Gasteiger partial charge in [0.1, 0.15) is 0 Å². The highest BCUT2D eigenvalue weighted by atomic mass is 35.5. The van der Waals surface area contributed by atoms with Crippen LogP contribution in [0.3, 0.4) is 0 Å². The molecule has 1 aromatic rings. The Kier molecular flexibility index (Phi) is 4.35. The number of hydrogen-bond donors (Lipinski definition) is 1. The quantitative estimate of drug-likeness (QED) is 0.871. The molecular weight excluding hydrogens is 278 g/mol. The van der Waals surface area contributed by atoms with Crippen LogP contribution in [0.15, 0.2) is 24.3 Å². The van der Waals surface area contributed by atoms with E-state index in [1.165, 1.54) is 0 Å². The fourth-order valence-corrected chi connectivity index (χ4v) is 2.52. The SMILES string of the molecule is CC1(C)COCCN1c1cc(Cl)ccc1/C=C/C(=O)O. The molecule has 1 N–H and O–H groups in total. The first-order valence-corrected chi connectivity index (χ1v) is 6.84. The van der Waals surface area contributed by atoms with Gasteiger partial charge in [0.2, 0.25) is 0 Å². The molecular formula is C15H18ClNO3. The summed E-state index contributed by atoms with van der Waals surface area (Å²) >= 11 is 6.09. The summed E-state index contributed by atoms with van der Waals surface area (Å²) in [6.07, 6.45) is 2.74. The lowest BCUT2D eigenvalue weighted by molar-refractivity contribution is -0.131. The van der Waals surface area contributed by atoms with Crippen molar-refractivity contribution in [2.75, 3.05) is 24.7 Å². The van der Waals surface area contributed by atoms with Gasteiger partial charge >= 0.3 is 5.97 Å². The van der Waals surface area contributed by atoms with Gasteiger partial charge in [0.05, 0.1) is 18.8 Å². The van der Waals surface area contributed by atoms with Crippen LogP contribution in [0.4, 0.5) is 5.69 Å². The number of anilines is 1. The lowest BCUT2D eigenvalue weighted by Crippen LogP contribution is -2.53. The van der Waals surface area contributed by atoms with Gasteiger partial charge in [-0.2, -0.15) is 0 Å². The van der Waals surface area contributed by atoms with Crippen molar-refractivity contribution in [3.8, 4) is 0 Å². The van der Waals surface area contributed by atoms with E-state index >= 15 is 0 Å². The first-order valence-electron chi connectivity index (χ1n) is 6.46. The largest absolute Gasteiger partial charge is 0.478 e. The van der Waals surface area contributed by atoms with Crippen LogP contribution in [-0.2, 0) is 9.53 Å². The van der Waals surface area contributed by atoms with E-state index in [-0.39, 0.29) is 5.54 Å². The van der Waals surface area contributed by atoms with Gasteiger partial charge in [0.25, 0.3) is 0 Å². The number of benzene rings is 1. The molecule has 0 amide bonds. The second-order valence-corrected chi connectivity index (χ2v) is 5.83. The van der Waals surface area contributed by atoms with E-state index in [9.17, 15) is 4.79 Å². The standard InChI is InChI=1S/C15H18ClNO3/c1-15(2)10-20-8-7-17(15)13-9-12(16)5-3-11(13)4-6-14(18)19/h3-6,9H,7-8,10H2,1-2H3,(H,18,19)/b6-4+. The van der Waals surface area contributed by atoms with E-state index in [4.69, 9.17) is 21.4 Å². The summed E-state index contributed by atoms with van der Waals surface area (Å²) in [5.41, 5.74) is 1.62. The van der Waals surface area contributed by atoms with Crippen LogP contribution >= 0.6 is 11.6 Å². The lowest BCUT2D eigenvalue weighted by Gasteiger charge is -2.44. The molecule has 2 rings (SSSR count). The normalized spacial score (nSPS) is 18.4. The summed E-state index contributed by atoms with van der Waals surface area (Å²) in [6, 6.07) is 5.47. The molecule has 0 aromatic heterocycles. The number of nitrogens with zero attached hydrogens (tertiary/aromatic N) is 1. The zero-order chi connectivity index (χ0) is 14.8. The Morgan fingerprint density at radius 2 is 2.25 bits per heavy atom. The predicted octanol–water partition coefficient (Wildman–Crippen LogP) is 3.05. The minimum absolute atomic E-state index is 0.158. The van der Waals surface area contributed by atoms with Crippen molar-refractivity contribution >= 4 is 29.3 Å². The van der Waals surface area contributed by atoms with Crippen LogP contribution in [0, 0.1) is 0 Å². The van der Waals surface area contributed by atoms with E-state index in [2.05, 4.69) is 18.7 Å². The van der Waals surface area contributed by atoms with Crippen LogP contribution in [0.25, 0.3) is 6.08 Å². The molecule has 0 atom stereocenters. The number of rotatable bonds is 3. The van der Waals surface area contributed by atoms with Crippen molar-refractivity contribution in [3.63, 3.8) is 0 Å². The number of carbonyl (C=O) groups is 1. The first kappa shape index (κ1) is 14.9. The summed E-state index contributed by atoms with van der Waals surface area (Å²) in [7, 11) is 0. The molecule has 108 valence electrons. The molecule has 1 aliphatic rings. The van der Waals surface area contributed by atoms with Gasteiger partial charge < -0.3 is 14.7 Å². The highest BCUT2D eigenvalue weighted by Crippen LogP contribution is 2.32. The molecule has 1 aliphatic heterocycles. The predicted molar refractivity (Wildman–Crippen MR) is 80.4 cm³/mol. The average Bonchev–Trinajstić information content (AvgIpc) is 2.36. The maximum atomic E-state index is 10.7. The number of aliphatic carboxylic acids is 1. The second kappa shape index (κ2) is 5.85. The van der Waals surface area contributed by atoms with E-state index in [0.29, 0.717) is 18.2 Å². The Hall–Kier alpha value is -1.52. The molecule has 0 saturated carbocycles. The average molecular weight is 296 g/mol. The third-order valence-electron chi connectivity index (χ3n) is 3.33. The molecule has 0 aliphatic carbocycles. The second-order valence-electron chi connectivity index (χ2n) is 5.39. The summed E-state index contributed by atoms with van der Waals surface area (Å²) in [5, 5.41) is 9.42. The Morgan fingerprint density at radius 1 is 1.50 bits per heavy atom. The smallest absolute Gasteiger partial charge is 0.328 e. The Morgan fingerprint density at radius 3 is 2.90 bits per heavy atom. The highest BCUT2D eigenvalue weighted by molar-refractivity contribution is 6.31. The van der Waals surface area contributed by atoms with E-state index < -0.39 is 5.97 Å². The number of carboxylic acids is 1. The third-order valence-corrected chi connectivity index (χ3v) is 3.57. The van der Waals surface area contributed by atoms with Gasteiger partial charge in [0, 0.05) is 23.3 Å². The number of hydrogen-bond acceptors (Lipinski definition) is 3. The zero-order valence-electron chi connectivity index (χ0n) is 11.6. The maximum absolute atomic E-state index is 10.7. The molecule has 0 unspecified atom stereocenters. The lowest BCUT2D eigenvalue weighted by atomic mass is 9.99. The highest BCUT2D eigenvalue weighted by Gasteiger charge is 2.31. The van der Waals surface area contributed by atoms with Gasteiger partial charge in [-0.1, -0.05) is 17.7 Å². The topological polar surface area (TPSA) is 49.8 Å². The van der Waals surface area contributed by atoms with Gasteiger partial charge in [0.15, 0.2) is 0 Å². The monoisotopic (exact) mass is 295 g/mol. The van der Waals surface area contributed by atoms with Crippen molar-refractivity contribution < 1.29 is 14.6 Å². The van der Waals surface area contributed by atoms with Crippen molar-refractivity contribution in [2.24, 2.45) is 0 Å². The summed E-state index contributed by atoms with van der Waals surface area (Å²) in [5.74, 6) is -0.966. The molecule has 0 spiro atoms. The number of carboxylic acid groups (broad SMARTS) is 1. The van der Waals surface area contributed by atoms with Crippen LogP contribution < -0.4 is 4.90 Å². The van der Waals surface area contributed by atoms with Crippen molar-refractivity contribution in [3.05, 3.63) is 34.9 Å². The Labute approximate surface area is 123 Å². The molecule has 1 heterocycles. The van der Waals surface area contributed by atoms with E-state index in [0.717, 1.165) is 23.9 Å². The van der Waals surface area contributed by atoms with Crippen LogP contribution in [0.5, 0.6) is 0 Å². The van der Waals surface area contributed by atoms with Crippen molar-refractivity contribution in [2.45, 2.75) is 19.4 Å². The first-order chi connectivity index (χ1) is 9.40. The molecule has 5 heteroatoms. The maximum Gasteiger partial charge on any atom is 0.328 e. The van der Waals surface area contributed by atoms with Crippen molar-refractivity contribution in [1.82, 2.24) is 0 Å². The fraction of sp³-hybridized carbons (Fsp3) is 0.400. The fourth-order valence-electron chi connectivity index (χ4n) is 2.36. The minimum Gasteiger partial charge on any atom is -0.478 e. The molecule has 4 nitrogen and oxygen atoms in total. The summed E-state index contributed by atoms with van der Waals surface area (Å²) in [4.78, 5) is 12.9. The van der Waals surface area contributed by atoms with Crippen LogP contribution in [0.2, 0.25) is 5.02 Å². The van der Waals surface area contributed by atoms with Crippen LogP contribution in [0.1, 0.15) is 19.4 Å². The number of morpholine rings is 1.